The molecule has 1 saturated heterocycles. The van der Waals surface area contributed by atoms with E-state index < -0.39 is 69.7 Å². The molecular formula is C21H21F4N5O3S. The number of nitrogens with zero attached hydrogens (tertiary/aromatic N) is 2. The highest BCUT2D eigenvalue weighted by atomic mass is 32.2. The number of aromatic nitrogens is 1. The van der Waals surface area contributed by atoms with E-state index in [1.54, 1.807) is 0 Å². The van der Waals surface area contributed by atoms with Crippen LogP contribution in [-0.2, 0) is 0 Å². The second-order valence-corrected chi connectivity index (χ2v) is 9.70. The van der Waals surface area contributed by atoms with E-state index >= 15 is 8.78 Å². The van der Waals surface area contributed by atoms with Gasteiger partial charge >= 0.3 is 5.97 Å². The first-order chi connectivity index (χ1) is 16.1. The number of fused-ring (bicyclic) bond motifs is 3. The van der Waals surface area contributed by atoms with Gasteiger partial charge in [-0.15, -0.1) is 0 Å². The van der Waals surface area contributed by atoms with Gasteiger partial charge in [0.25, 0.3) is 0 Å². The van der Waals surface area contributed by atoms with Crippen molar-refractivity contribution in [3.63, 3.8) is 0 Å². The van der Waals surface area contributed by atoms with Crippen LogP contribution in [0.5, 0.6) is 0 Å². The fourth-order valence-corrected chi connectivity index (χ4v) is 6.36. The molecule has 5 rings (SSSR count). The molecule has 0 saturated carbocycles. The number of hydrazine groups is 1. The maximum Gasteiger partial charge on any atom is 0.342 e. The number of likely N-dealkylation sites (tertiary alicyclic amines) is 1. The van der Waals surface area contributed by atoms with Gasteiger partial charge in [0.15, 0.2) is 6.17 Å². The Balaban J connectivity index is 1.83. The Morgan fingerprint density at radius 3 is 2.59 bits per heavy atom. The van der Waals surface area contributed by atoms with Gasteiger partial charge in [-0.2, -0.15) is 0 Å². The number of pyridine rings is 1. The third-order valence-corrected chi connectivity index (χ3v) is 7.96. The zero-order valence-electron chi connectivity index (χ0n) is 17.6. The average molecular weight is 499 g/mol. The lowest BCUT2D eigenvalue weighted by molar-refractivity contribution is 0.0688. The number of carboxylic acid groups (broad SMARTS) is 1. The molecule has 0 spiro atoms. The zero-order valence-corrected chi connectivity index (χ0v) is 18.4. The van der Waals surface area contributed by atoms with Crippen LogP contribution in [0.4, 0.5) is 17.6 Å². The van der Waals surface area contributed by atoms with Crippen molar-refractivity contribution in [2.24, 2.45) is 11.6 Å². The number of halogens is 4. The van der Waals surface area contributed by atoms with Gasteiger partial charge in [-0.1, -0.05) is 17.8 Å². The number of aromatic carboxylic acids is 1. The summed E-state index contributed by atoms with van der Waals surface area (Å²) in [6.45, 7) is 0.507. The molecular weight excluding hydrogens is 478 g/mol. The van der Waals surface area contributed by atoms with Gasteiger partial charge in [0.2, 0.25) is 5.43 Å². The summed E-state index contributed by atoms with van der Waals surface area (Å²) in [5.74, 6) is 2.28. The summed E-state index contributed by atoms with van der Waals surface area (Å²) in [5, 5.41) is 7.73. The predicted molar refractivity (Wildman–Crippen MR) is 117 cm³/mol. The fraction of sp³-hybridized carbons (Fsp3) is 0.429. The van der Waals surface area contributed by atoms with Crippen LogP contribution in [0.15, 0.2) is 33.4 Å². The Morgan fingerprint density at radius 1 is 1.26 bits per heavy atom. The predicted octanol–water partition coefficient (Wildman–Crippen LogP) is 0.0749. The Hall–Kier alpha value is -2.61. The van der Waals surface area contributed by atoms with Gasteiger partial charge in [-0.25, -0.2) is 22.4 Å². The molecule has 0 bridgehead atoms. The molecule has 6 N–H and O–H groups in total. The second kappa shape index (κ2) is 8.26. The SMILES string of the molecule is NNC1=c2c(=O)c(C(=O)O)c3n(c2=C(F)C(N2CCC(N)C2)C1F)C(C1=CC=C(F)CC1F)S3. The van der Waals surface area contributed by atoms with E-state index in [1.807, 2.05) is 0 Å². The van der Waals surface area contributed by atoms with Crippen LogP contribution < -0.4 is 33.0 Å². The van der Waals surface area contributed by atoms with E-state index in [4.69, 9.17) is 11.6 Å². The lowest BCUT2D eigenvalue weighted by Crippen LogP contribution is -2.62. The molecule has 0 amide bonds. The number of carbonyl (C=O) groups is 1. The van der Waals surface area contributed by atoms with Crippen molar-refractivity contribution in [3.05, 3.63) is 49.9 Å². The molecule has 1 aromatic heterocycles. The molecule has 2 aliphatic heterocycles. The summed E-state index contributed by atoms with van der Waals surface area (Å²) < 4.78 is 61.1. The summed E-state index contributed by atoms with van der Waals surface area (Å²) in [7, 11) is 0. The van der Waals surface area contributed by atoms with Crippen LogP contribution in [0, 0.1) is 0 Å². The number of hydrogen-bond donors (Lipinski definition) is 4. The van der Waals surface area contributed by atoms with E-state index in [0.717, 1.165) is 17.8 Å². The van der Waals surface area contributed by atoms with E-state index in [0.29, 0.717) is 13.0 Å². The molecule has 34 heavy (non-hydrogen) atoms. The van der Waals surface area contributed by atoms with Gasteiger partial charge in [-0.3, -0.25) is 15.5 Å². The quantitative estimate of drug-likeness (QED) is 0.261. The monoisotopic (exact) mass is 499 g/mol. The third kappa shape index (κ3) is 3.25. The molecule has 3 heterocycles. The Labute approximate surface area is 194 Å². The van der Waals surface area contributed by atoms with Crippen LogP contribution in [0.1, 0.15) is 28.6 Å². The minimum atomic E-state index is -2.10. The number of nitrogens with two attached hydrogens (primary N) is 2. The summed E-state index contributed by atoms with van der Waals surface area (Å²) in [6.07, 6.45) is -1.53. The van der Waals surface area contributed by atoms with E-state index in [1.165, 1.54) is 15.5 Å². The first kappa shape index (κ1) is 23.1. The minimum absolute atomic E-state index is 0.0817. The molecule has 0 radical (unpaired) electrons. The standard InChI is InChI=1S/C21H21F4N5O3S/c22-7-1-2-9(10(23)5-7)19-30-16-11(18(31)12(21(32)33)20(30)34-19)15(28-27)13(24)17(14(16)25)29-4-3-8(26)6-29/h1-2,8,10,13,17,19,28H,3-6,26-27H2,(H,32,33). The highest BCUT2D eigenvalue weighted by Crippen LogP contribution is 2.50. The lowest BCUT2D eigenvalue weighted by Gasteiger charge is -2.40. The number of thioether (sulfide) groups is 1. The number of alkyl halides is 2. The molecule has 5 unspecified atom stereocenters. The van der Waals surface area contributed by atoms with E-state index in [2.05, 4.69) is 5.43 Å². The highest BCUT2D eigenvalue weighted by Gasteiger charge is 2.46. The largest absolute Gasteiger partial charge is 0.477 e. The van der Waals surface area contributed by atoms with Crippen LogP contribution in [0.2, 0.25) is 0 Å². The van der Waals surface area contributed by atoms with Gasteiger partial charge < -0.3 is 20.8 Å². The van der Waals surface area contributed by atoms with Crippen molar-refractivity contribution in [2.45, 2.75) is 47.7 Å². The normalized spacial score (nSPS) is 30.8. The van der Waals surface area contributed by atoms with Gasteiger partial charge in [-0.05, 0) is 18.1 Å². The molecule has 13 heteroatoms. The smallest absolute Gasteiger partial charge is 0.342 e. The van der Waals surface area contributed by atoms with E-state index in [9.17, 15) is 23.5 Å². The molecule has 1 fully saturated rings. The first-order valence-electron chi connectivity index (χ1n) is 10.6. The van der Waals surface area contributed by atoms with Crippen molar-refractivity contribution < 1.29 is 27.5 Å². The first-order valence-corrected chi connectivity index (χ1v) is 11.5. The van der Waals surface area contributed by atoms with Crippen molar-refractivity contribution in [2.75, 3.05) is 13.1 Å². The maximum atomic E-state index is 16.1. The Kier molecular flexibility index (Phi) is 5.62. The average Bonchev–Trinajstić information content (AvgIpc) is 3.17. The van der Waals surface area contributed by atoms with Crippen molar-refractivity contribution in [3.8, 4) is 0 Å². The topological polar surface area (TPSA) is 127 Å². The third-order valence-electron chi connectivity index (χ3n) is 6.63. The summed E-state index contributed by atoms with van der Waals surface area (Å²) >= 11 is 0.852. The fourth-order valence-electron chi connectivity index (χ4n) is 5.03. The van der Waals surface area contributed by atoms with Crippen molar-refractivity contribution >= 4 is 29.3 Å². The molecule has 8 nitrogen and oxygen atoms in total. The molecule has 2 aliphatic carbocycles. The number of allylic oxidation sites excluding steroid dienone is 3. The Morgan fingerprint density at radius 2 is 2.00 bits per heavy atom. The lowest BCUT2D eigenvalue weighted by atomic mass is 9.96. The highest BCUT2D eigenvalue weighted by molar-refractivity contribution is 8.00. The molecule has 0 aromatic carbocycles. The number of rotatable bonds is 4. The van der Waals surface area contributed by atoms with Crippen LogP contribution in [-0.4, -0.2) is 58.1 Å². The van der Waals surface area contributed by atoms with Crippen molar-refractivity contribution in [1.29, 1.82) is 0 Å². The molecule has 182 valence electrons. The Bertz CT molecular complexity index is 1340. The molecule has 1 aromatic rings. The van der Waals surface area contributed by atoms with Gasteiger partial charge in [0.05, 0.1) is 21.3 Å². The molecule has 4 aliphatic rings. The number of hydrogen-bond acceptors (Lipinski definition) is 7. The number of carboxylic acids is 1. The second-order valence-electron chi connectivity index (χ2n) is 8.63. The van der Waals surface area contributed by atoms with Gasteiger partial charge in [0, 0.05) is 25.6 Å². The maximum absolute atomic E-state index is 16.1. The van der Waals surface area contributed by atoms with Crippen LogP contribution in [0.3, 0.4) is 0 Å². The summed E-state index contributed by atoms with van der Waals surface area (Å²) in [5.41, 5.74) is 5.88. The molecule has 5 atom stereocenters. The minimum Gasteiger partial charge on any atom is -0.477 e. The van der Waals surface area contributed by atoms with Gasteiger partial charge in [0.1, 0.15) is 34.8 Å². The zero-order chi connectivity index (χ0) is 24.5. The van der Waals surface area contributed by atoms with E-state index in [-0.39, 0.29) is 28.5 Å². The van der Waals surface area contributed by atoms with Crippen molar-refractivity contribution in [1.82, 2.24) is 14.9 Å². The number of nitrogens with one attached hydrogen (secondary N) is 1. The summed E-state index contributed by atoms with van der Waals surface area (Å²) in [4.78, 5) is 26.6. The van der Waals surface area contributed by atoms with Crippen LogP contribution >= 0.6 is 11.8 Å². The van der Waals surface area contributed by atoms with Crippen LogP contribution in [0.25, 0.3) is 11.5 Å². The summed E-state index contributed by atoms with van der Waals surface area (Å²) in [6, 6.07) is -1.75.